The van der Waals surface area contributed by atoms with Crippen molar-refractivity contribution >= 4 is 0 Å². The molecule has 17 heavy (non-hydrogen) atoms. The highest BCUT2D eigenvalue weighted by Crippen LogP contribution is 2.27. The molecule has 0 bridgehead atoms. The lowest BCUT2D eigenvalue weighted by molar-refractivity contribution is 0.333. The molecule has 0 aromatic heterocycles. The second-order valence-electron chi connectivity index (χ2n) is 4.04. The molecule has 0 heterocycles. The predicted octanol–water partition coefficient (Wildman–Crippen LogP) is 2.48. The minimum Gasteiger partial charge on any atom is -0.458 e. The number of rotatable bonds is 3. The maximum atomic E-state index is 13.4. The molecule has 1 aliphatic carbocycles. The summed E-state index contributed by atoms with van der Waals surface area (Å²) in [5.74, 6) is 6.15. The molecule has 3 nitrogen and oxygen atoms in total. The molecule has 1 aliphatic rings. The van der Waals surface area contributed by atoms with Gasteiger partial charge in [-0.15, -0.1) is 0 Å². The van der Waals surface area contributed by atoms with E-state index in [0.717, 1.165) is 17.9 Å². The van der Waals surface area contributed by atoms with Crippen LogP contribution in [0.15, 0.2) is 47.9 Å². The Labute approximate surface area is 99.7 Å². The van der Waals surface area contributed by atoms with E-state index in [0.29, 0.717) is 0 Å². The number of ether oxygens (including phenoxy) is 1. The van der Waals surface area contributed by atoms with Crippen LogP contribution in [-0.4, -0.2) is 0 Å². The van der Waals surface area contributed by atoms with Crippen molar-refractivity contribution in [1.82, 2.24) is 5.43 Å². The summed E-state index contributed by atoms with van der Waals surface area (Å²) in [4.78, 5) is 0. The van der Waals surface area contributed by atoms with Crippen LogP contribution in [0.25, 0.3) is 0 Å². The summed E-state index contributed by atoms with van der Waals surface area (Å²) in [7, 11) is 0. The first-order chi connectivity index (χ1) is 8.20. The fourth-order valence-electron chi connectivity index (χ4n) is 1.74. The van der Waals surface area contributed by atoms with E-state index < -0.39 is 0 Å². The first-order valence-electron chi connectivity index (χ1n) is 5.50. The summed E-state index contributed by atoms with van der Waals surface area (Å²) in [5.41, 5.74) is 3.56. The van der Waals surface area contributed by atoms with E-state index in [-0.39, 0.29) is 17.5 Å². The van der Waals surface area contributed by atoms with Crippen molar-refractivity contribution in [3.8, 4) is 5.75 Å². The molecule has 0 aliphatic heterocycles. The number of halogens is 1. The van der Waals surface area contributed by atoms with E-state index in [4.69, 9.17) is 10.6 Å². The van der Waals surface area contributed by atoms with Crippen LogP contribution in [0, 0.1) is 11.7 Å². The molecule has 2 rings (SSSR count). The summed E-state index contributed by atoms with van der Waals surface area (Å²) >= 11 is 0. The van der Waals surface area contributed by atoms with Crippen LogP contribution in [0.3, 0.4) is 0 Å². The Balaban J connectivity index is 2.17. The van der Waals surface area contributed by atoms with Crippen LogP contribution in [0.5, 0.6) is 5.75 Å². The summed E-state index contributed by atoms with van der Waals surface area (Å²) < 4.78 is 19.0. The Morgan fingerprint density at radius 1 is 1.35 bits per heavy atom. The zero-order valence-electron chi connectivity index (χ0n) is 9.61. The quantitative estimate of drug-likeness (QED) is 0.624. The van der Waals surface area contributed by atoms with Crippen molar-refractivity contribution < 1.29 is 9.13 Å². The fourth-order valence-corrected chi connectivity index (χ4v) is 1.74. The molecule has 0 spiro atoms. The standard InChI is InChI=1S/C13H15FN2O/c1-9-8-10(16-15)6-7-12(9)17-13-5-3-2-4-11(13)14/h2-7,9,16H,8,15H2,1H3. The lowest BCUT2D eigenvalue weighted by Gasteiger charge is -2.21. The number of nitrogens with one attached hydrogen (secondary N) is 1. The highest BCUT2D eigenvalue weighted by Gasteiger charge is 2.17. The average molecular weight is 234 g/mol. The third kappa shape index (κ3) is 2.65. The predicted molar refractivity (Wildman–Crippen MR) is 64.3 cm³/mol. The SMILES string of the molecule is CC1CC(NN)=CC=C1Oc1ccccc1F. The number of hydrazine groups is 1. The van der Waals surface area contributed by atoms with Gasteiger partial charge in [-0.3, -0.25) is 5.84 Å². The second-order valence-corrected chi connectivity index (χ2v) is 4.04. The van der Waals surface area contributed by atoms with E-state index in [1.54, 1.807) is 18.2 Å². The Bertz CT molecular complexity index is 468. The van der Waals surface area contributed by atoms with E-state index in [1.807, 2.05) is 19.1 Å². The Hall–Kier alpha value is -1.81. The molecule has 0 saturated heterocycles. The molecule has 1 atom stereocenters. The van der Waals surface area contributed by atoms with Gasteiger partial charge in [0.1, 0.15) is 5.76 Å². The summed E-state index contributed by atoms with van der Waals surface area (Å²) in [6.07, 6.45) is 4.42. The Kier molecular flexibility index (Phi) is 3.44. The van der Waals surface area contributed by atoms with Gasteiger partial charge in [0.05, 0.1) is 0 Å². The number of allylic oxidation sites excluding steroid dienone is 4. The zero-order valence-corrected chi connectivity index (χ0v) is 9.61. The Morgan fingerprint density at radius 2 is 2.12 bits per heavy atom. The number of benzene rings is 1. The molecule has 0 saturated carbocycles. The van der Waals surface area contributed by atoms with Crippen molar-refractivity contribution in [3.05, 3.63) is 53.7 Å². The molecule has 1 unspecified atom stereocenters. The van der Waals surface area contributed by atoms with Crippen LogP contribution in [0.2, 0.25) is 0 Å². The largest absolute Gasteiger partial charge is 0.458 e. The summed E-state index contributed by atoms with van der Waals surface area (Å²) in [6, 6.07) is 6.38. The van der Waals surface area contributed by atoms with Crippen molar-refractivity contribution in [1.29, 1.82) is 0 Å². The third-order valence-electron chi connectivity index (χ3n) is 2.71. The van der Waals surface area contributed by atoms with Crippen LogP contribution in [0.4, 0.5) is 4.39 Å². The lowest BCUT2D eigenvalue weighted by atomic mass is 9.98. The van der Waals surface area contributed by atoms with Crippen molar-refractivity contribution in [2.45, 2.75) is 13.3 Å². The van der Waals surface area contributed by atoms with E-state index >= 15 is 0 Å². The van der Waals surface area contributed by atoms with Crippen LogP contribution >= 0.6 is 0 Å². The zero-order chi connectivity index (χ0) is 12.3. The lowest BCUT2D eigenvalue weighted by Crippen LogP contribution is -2.25. The second kappa shape index (κ2) is 5.01. The third-order valence-corrected chi connectivity index (χ3v) is 2.71. The molecule has 0 radical (unpaired) electrons. The molecule has 4 heteroatoms. The van der Waals surface area contributed by atoms with E-state index in [9.17, 15) is 4.39 Å². The van der Waals surface area contributed by atoms with Gasteiger partial charge in [0, 0.05) is 11.6 Å². The highest BCUT2D eigenvalue weighted by molar-refractivity contribution is 5.29. The van der Waals surface area contributed by atoms with Gasteiger partial charge in [-0.05, 0) is 30.7 Å². The monoisotopic (exact) mass is 234 g/mol. The van der Waals surface area contributed by atoms with Crippen molar-refractivity contribution in [3.63, 3.8) is 0 Å². The minimum atomic E-state index is -0.354. The molecule has 1 aromatic carbocycles. The van der Waals surface area contributed by atoms with Gasteiger partial charge in [-0.25, -0.2) is 4.39 Å². The average Bonchev–Trinajstić information content (AvgIpc) is 2.34. The smallest absolute Gasteiger partial charge is 0.165 e. The van der Waals surface area contributed by atoms with Gasteiger partial charge in [0.2, 0.25) is 0 Å². The normalized spacial score (nSPS) is 19.4. The fraction of sp³-hybridized carbons (Fsp3) is 0.231. The first-order valence-corrected chi connectivity index (χ1v) is 5.50. The number of hydrogen-bond acceptors (Lipinski definition) is 3. The first kappa shape index (κ1) is 11.7. The molecule has 0 amide bonds. The molecule has 3 N–H and O–H groups in total. The van der Waals surface area contributed by atoms with Gasteiger partial charge in [-0.1, -0.05) is 19.1 Å². The highest BCUT2D eigenvalue weighted by atomic mass is 19.1. The van der Waals surface area contributed by atoms with Crippen LogP contribution < -0.4 is 16.0 Å². The van der Waals surface area contributed by atoms with E-state index in [1.165, 1.54) is 6.07 Å². The van der Waals surface area contributed by atoms with Gasteiger partial charge < -0.3 is 10.2 Å². The molecule has 1 aromatic rings. The number of para-hydroxylation sites is 1. The van der Waals surface area contributed by atoms with Crippen molar-refractivity contribution in [2.75, 3.05) is 0 Å². The maximum Gasteiger partial charge on any atom is 0.165 e. The minimum absolute atomic E-state index is 0.172. The number of nitrogens with two attached hydrogens (primary N) is 1. The van der Waals surface area contributed by atoms with E-state index in [2.05, 4.69) is 5.43 Å². The molecular weight excluding hydrogens is 219 g/mol. The van der Waals surface area contributed by atoms with Crippen LogP contribution in [0.1, 0.15) is 13.3 Å². The summed E-state index contributed by atoms with van der Waals surface area (Å²) in [6.45, 7) is 2.01. The van der Waals surface area contributed by atoms with Gasteiger partial charge in [0.25, 0.3) is 0 Å². The maximum absolute atomic E-state index is 13.4. The molecule has 0 fully saturated rings. The van der Waals surface area contributed by atoms with Crippen molar-refractivity contribution in [2.24, 2.45) is 11.8 Å². The molecular formula is C13H15FN2O. The molecule has 90 valence electrons. The topological polar surface area (TPSA) is 47.3 Å². The van der Waals surface area contributed by atoms with Gasteiger partial charge in [0.15, 0.2) is 11.6 Å². The number of hydrogen-bond donors (Lipinski definition) is 2. The van der Waals surface area contributed by atoms with Crippen LogP contribution in [-0.2, 0) is 0 Å². The van der Waals surface area contributed by atoms with Gasteiger partial charge >= 0.3 is 0 Å². The Morgan fingerprint density at radius 3 is 2.76 bits per heavy atom. The van der Waals surface area contributed by atoms with Gasteiger partial charge in [-0.2, -0.15) is 0 Å². The summed E-state index contributed by atoms with van der Waals surface area (Å²) in [5, 5.41) is 0.